The molecule has 3 N–H and O–H groups in total. The van der Waals surface area contributed by atoms with E-state index in [0.717, 1.165) is 6.20 Å². The molecule has 1 aromatic heterocycles. The van der Waals surface area contributed by atoms with Crippen LogP contribution in [0.15, 0.2) is 39.8 Å². The van der Waals surface area contributed by atoms with Crippen molar-refractivity contribution < 1.29 is 8.42 Å². The number of pyridine rings is 1. The highest BCUT2D eigenvalue weighted by atomic mass is 79.9. The molecule has 1 aromatic carbocycles. The second kappa shape index (κ2) is 5.89. The fourth-order valence-electron chi connectivity index (χ4n) is 1.48. The molecule has 0 fully saturated rings. The van der Waals surface area contributed by atoms with Crippen molar-refractivity contribution in [2.24, 2.45) is 0 Å². The van der Waals surface area contributed by atoms with Crippen molar-refractivity contribution in [2.45, 2.75) is 4.90 Å². The van der Waals surface area contributed by atoms with Crippen LogP contribution in [-0.4, -0.2) is 13.4 Å². The summed E-state index contributed by atoms with van der Waals surface area (Å²) in [5, 5.41) is 9.07. The first kappa shape index (κ1) is 15.6. The average Bonchev–Trinajstić information content (AvgIpc) is 2.43. The van der Waals surface area contributed by atoms with Gasteiger partial charge in [-0.3, -0.25) is 4.72 Å². The Bertz CT molecular complexity index is 849. The molecule has 0 radical (unpaired) electrons. The number of halogens is 2. The monoisotopic (exact) mass is 386 g/mol. The molecule has 0 saturated carbocycles. The smallest absolute Gasteiger partial charge is 0.263 e. The van der Waals surface area contributed by atoms with Gasteiger partial charge in [0.25, 0.3) is 10.0 Å². The van der Waals surface area contributed by atoms with Crippen LogP contribution in [0.3, 0.4) is 0 Å². The van der Waals surface area contributed by atoms with Crippen LogP contribution < -0.4 is 10.5 Å². The van der Waals surface area contributed by atoms with Gasteiger partial charge >= 0.3 is 0 Å². The van der Waals surface area contributed by atoms with E-state index in [-0.39, 0.29) is 27.0 Å². The minimum atomic E-state index is -3.92. The number of hydrogen-bond donors (Lipinski definition) is 2. The molecule has 6 nitrogen and oxygen atoms in total. The van der Waals surface area contributed by atoms with Gasteiger partial charge in [0.15, 0.2) is 0 Å². The summed E-state index contributed by atoms with van der Waals surface area (Å²) in [5.41, 5.74) is 5.78. The van der Waals surface area contributed by atoms with Gasteiger partial charge in [0, 0.05) is 10.7 Å². The van der Waals surface area contributed by atoms with E-state index in [0.29, 0.717) is 4.47 Å². The lowest BCUT2D eigenvalue weighted by Crippen LogP contribution is -2.14. The van der Waals surface area contributed by atoms with Crippen molar-refractivity contribution >= 4 is 49.1 Å². The van der Waals surface area contributed by atoms with Gasteiger partial charge < -0.3 is 5.73 Å². The normalized spacial score (nSPS) is 10.9. The Morgan fingerprint density at radius 2 is 2.10 bits per heavy atom. The Morgan fingerprint density at radius 1 is 1.38 bits per heavy atom. The van der Waals surface area contributed by atoms with E-state index in [4.69, 9.17) is 22.6 Å². The topological polar surface area (TPSA) is 109 Å². The number of nitrogens with two attached hydrogens (primary N) is 1. The van der Waals surface area contributed by atoms with Crippen LogP contribution in [0.2, 0.25) is 5.02 Å². The number of hydrogen-bond acceptors (Lipinski definition) is 5. The van der Waals surface area contributed by atoms with Gasteiger partial charge in [-0.15, -0.1) is 0 Å². The summed E-state index contributed by atoms with van der Waals surface area (Å²) in [6.45, 7) is 0. The van der Waals surface area contributed by atoms with Crippen LogP contribution in [0.4, 0.5) is 11.5 Å². The van der Waals surface area contributed by atoms with Crippen LogP contribution in [-0.2, 0) is 10.0 Å². The SMILES string of the molecule is N#Cc1cc(Br)ccc1NS(=O)(=O)c1cnc(N)c(Cl)c1. The van der Waals surface area contributed by atoms with E-state index in [1.54, 1.807) is 6.07 Å². The van der Waals surface area contributed by atoms with Crippen molar-refractivity contribution in [3.8, 4) is 6.07 Å². The highest BCUT2D eigenvalue weighted by Crippen LogP contribution is 2.25. The Balaban J connectivity index is 2.42. The number of aromatic nitrogens is 1. The molecular formula is C12H8BrClN4O2S. The number of nitrogen functional groups attached to an aromatic ring is 1. The van der Waals surface area contributed by atoms with Gasteiger partial charge in [0.2, 0.25) is 0 Å². The van der Waals surface area contributed by atoms with E-state index < -0.39 is 10.0 Å². The van der Waals surface area contributed by atoms with Crippen molar-refractivity contribution in [1.29, 1.82) is 5.26 Å². The maximum atomic E-state index is 12.2. The number of nitrogens with one attached hydrogen (secondary N) is 1. The summed E-state index contributed by atoms with van der Waals surface area (Å²) in [5.74, 6) is 0.0389. The molecular weight excluding hydrogens is 380 g/mol. The summed E-state index contributed by atoms with van der Waals surface area (Å²) >= 11 is 8.97. The first-order valence-electron chi connectivity index (χ1n) is 5.47. The molecule has 0 bridgehead atoms. The zero-order valence-corrected chi connectivity index (χ0v) is 13.5. The van der Waals surface area contributed by atoms with Crippen LogP contribution in [0.5, 0.6) is 0 Å². The minimum absolute atomic E-state index is 0.0363. The molecule has 2 aromatic rings. The second-order valence-electron chi connectivity index (χ2n) is 3.95. The maximum absolute atomic E-state index is 12.2. The summed E-state index contributed by atoms with van der Waals surface area (Å²) in [6.07, 6.45) is 1.09. The van der Waals surface area contributed by atoms with Crippen molar-refractivity contribution in [3.05, 3.63) is 45.5 Å². The number of benzene rings is 1. The molecule has 0 amide bonds. The highest BCUT2D eigenvalue weighted by Gasteiger charge is 2.18. The third kappa shape index (κ3) is 3.44. The number of sulfonamides is 1. The third-order valence-electron chi connectivity index (χ3n) is 2.50. The Kier molecular flexibility index (Phi) is 4.37. The summed E-state index contributed by atoms with van der Waals surface area (Å²) < 4.78 is 27.5. The minimum Gasteiger partial charge on any atom is -0.382 e. The predicted octanol–water partition coefficient (Wildman–Crippen LogP) is 2.75. The average molecular weight is 388 g/mol. The van der Waals surface area contributed by atoms with E-state index in [1.807, 2.05) is 6.07 Å². The molecule has 0 saturated heterocycles. The van der Waals surface area contributed by atoms with Gasteiger partial charge in [-0.1, -0.05) is 27.5 Å². The van der Waals surface area contributed by atoms with Crippen LogP contribution in [0.1, 0.15) is 5.56 Å². The number of nitrogens with zero attached hydrogens (tertiary/aromatic N) is 2. The van der Waals surface area contributed by atoms with Crippen LogP contribution in [0, 0.1) is 11.3 Å². The molecule has 9 heteroatoms. The summed E-state index contributed by atoms with van der Waals surface area (Å²) in [7, 11) is -3.92. The van der Waals surface area contributed by atoms with Crippen molar-refractivity contribution in [1.82, 2.24) is 4.98 Å². The maximum Gasteiger partial charge on any atom is 0.263 e. The first-order chi connectivity index (χ1) is 9.83. The largest absolute Gasteiger partial charge is 0.382 e. The van der Waals surface area contributed by atoms with Crippen molar-refractivity contribution in [2.75, 3.05) is 10.5 Å². The van der Waals surface area contributed by atoms with E-state index >= 15 is 0 Å². The molecule has 0 unspecified atom stereocenters. The third-order valence-corrected chi connectivity index (χ3v) is 4.63. The number of anilines is 2. The van der Waals surface area contributed by atoms with E-state index in [9.17, 15) is 8.42 Å². The predicted molar refractivity (Wildman–Crippen MR) is 83.3 cm³/mol. The molecule has 21 heavy (non-hydrogen) atoms. The fourth-order valence-corrected chi connectivity index (χ4v) is 3.12. The molecule has 108 valence electrons. The molecule has 0 aliphatic rings. The quantitative estimate of drug-likeness (QED) is 0.841. The Morgan fingerprint density at radius 3 is 2.71 bits per heavy atom. The van der Waals surface area contributed by atoms with E-state index in [1.165, 1.54) is 18.2 Å². The lowest BCUT2D eigenvalue weighted by molar-refractivity contribution is 0.601. The van der Waals surface area contributed by atoms with Gasteiger partial charge in [-0.25, -0.2) is 13.4 Å². The van der Waals surface area contributed by atoms with Crippen LogP contribution in [0.25, 0.3) is 0 Å². The van der Waals surface area contributed by atoms with Gasteiger partial charge in [-0.05, 0) is 24.3 Å². The van der Waals surface area contributed by atoms with Crippen molar-refractivity contribution in [3.63, 3.8) is 0 Å². The number of nitriles is 1. The molecule has 2 rings (SSSR count). The standard InChI is InChI=1S/C12H8BrClN4O2S/c13-8-1-2-11(7(3-8)5-15)18-21(19,20)9-4-10(14)12(16)17-6-9/h1-4,6,18H,(H2,16,17). The Labute approximate surface area is 134 Å². The number of rotatable bonds is 3. The van der Waals surface area contributed by atoms with Gasteiger partial charge in [0.1, 0.15) is 16.8 Å². The zero-order valence-electron chi connectivity index (χ0n) is 10.3. The first-order valence-corrected chi connectivity index (χ1v) is 8.12. The fraction of sp³-hybridized carbons (Fsp3) is 0. The molecule has 1 heterocycles. The lowest BCUT2D eigenvalue weighted by Gasteiger charge is -2.10. The Hall–Kier alpha value is -1.82. The van der Waals surface area contributed by atoms with E-state index in [2.05, 4.69) is 25.6 Å². The zero-order chi connectivity index (χ0) is 15.6. The molecule has 0 spiro atoms. The molecule has 0 atom stereocenters. The summed E-state index contributed by atoms with van der Waals surface area (Å²) in [4.78, 5) is 3.55. The van der Waals surface area contributed by atoms with Gasteiger partial charge in [0.05, 0.1) is 16.3 Å². The lowest BCUT2D eigenvalue weighted by atomic mass is 10.2. The second-order valence-corrected chi connectivity index (χ2v) is 6.95. The molecule has 0 aliphatic heterocycles. The van der Waals surface area contributed by atoms with Gasteiger partial charge in [-0.2, -0.15) is 5.26 Å². The summed E-state index contributed by atoms with van der Waals surface area (Å²) in [6, 6.07) is 7.71. The molecule has 0 aliphatic carbocycles. The highest BCUT2D eigenvalue weighted by molar-refractivity contribution is 9.10. The van der Waals surface area contributed by atoms with Crippen LogP contribution >= 0.6 is 27.5 Å².